The molecule has 2 heteroatoms. The summed E-state index contributed by atoms with van der Waals surface area (Å²) in [5.41, 5.74) is 3.99. The van der Waals surface area contributed by atoms with Crippen LogP contribution in [0.3, 0.4) is 0 Å². The highest BCUT2D eigenvalue weighted by atomic mass is 16.3. The fourth-order valence-electron chi connectivity index (χ4n) is 6.16. The van der Waals surface area contributed by atoms with Gasteiger partial charge in [0.05, 0.1) is 12.2 Å². The zero-order chi connectivity index (χ0) is 22.1. The van der Waals surface area contributed by atoms with Crippen LogP contribution in [-0.2, 0) is 0 Å². The van der Waals surface area contributed by atoms with Crippen LogP contribution in [0.5, 0.6) is 0 Å². The summed E-state index contributed by atoms with van der Waals surface area (Å²) in [6.07, 6.45) is 17.1. The van der Waals surface area contributed by atoms with Crippen molar-refractivity contribution in [1.29, 1.82) is 0 Å². The van der Waals surface area contributed by atoms with E-state index < -0.39 is 12.2 Å². The first-order valence-corrected chi connectivity index (χ1v) is 12.3. The summed E-state index contributed by atoms with van der Waals surface area (Å²) >= 11 is 0. The Labute approximate surface area is 184 Å². The molecule has 0 heterocycles. The molecule has 0 spiro atoms. The monoisotopic (exact) mass is 412 g/mol. The molecule has 1 fully saturated rings. The lowest BCUT2D eigenvalue weighted by Crippen LogP contribution is -2.34. The smallest absolute Gasteiger partial charge is 0.0777 e. The van der Waals surface area contributed by atoms with Gasteiger partial charge in [-0.25, -0.2) is 0 Å². The van der Waals surface area contributed by atoms with Gasteiger partial charge in [-0.3, -0.25) is 0 Å². The molecule has 3 aliphatic rings. The first kappa shape index (κ1) is 23.5. The van der Waals surface area contributed by atoms with Crippen LogP contribution in [0.2, 0.25) is 0 Å². The molecular weight excluding hydrogens is 368 g/mol. The van der Waals surface area contributed by atoms with Gasteiger partial charge < -0.3 is 10.2 Å². The molecule has 0 saturated heterocycles. The third-order valence-corrected chi connectivity index (χ3v) is 8.71. The van der Waals surface area contributed by atoms with Crippen molar-refractivity contribution in [2.45, 2.75) is 92.3 Å². The molecule has 0 aliphatic heterocycles. The highest BCUT2D eigenvalue weighted by Gasteiger charge is 2.49. The summed E-state index contributed by atoms with van der Waals surface area (Å²) in [4.78, 5) is 0. The highest BCUT2D eigenvalue weighted by molar-refractivity contribution is 5.37. The average molecular weight is 413 g/mol. The molecule has 7 atom stereocenters. The predicted octanol–water partition coefficient (Wildman–Crippen LogP) is 6.61. The van der Waals surface area contributed by atoms with E-state index in [-0.39, 0.29) is 0 Å². The van der Waals surface area contributed by atoms with Crippen molar-refractivity contribution in [3.8, 4) is 0 Å². The van der Waals surface area contributed by atoms with Crippen LogP contribution in [0.4, 0.5) is 0 Å². The molecule has 0 unspecified atom stereocenters. The topological polar surface area (TPSA) is 40.5 Å². The maximum atomic E-state index is 10.2. The van der Waals surface area contributed by atoms with Gasteiger partial charge in [0, 0.05) is 6.42 Å². The minimum Gasteiger partial charge on any atom is -0.393 e. The molecule has 0 bridgehead atoms. The molecule has 3 rings (SSSR count). The van der Waals surface area contributed by atoms with Gasteiger partial charge in [-0.1, -0.05) is 65.0 Å². The molecule has 0 radical (unpaired) electrons. The van der Waals surface area contributed by atoms with Crippen LogP contribution < -0.4 is 0 Å². The molecule has 2 nitrogen and oxygen atoms in total. The molecule has 0 amide bonds. The predicted molar refractivity (Wildman–Crippen MR) is 127 cm³/mol. The fraction of sp³-hybridized carbons (Fsp3) is 0.714. The summed E-state index contributed by atoms with van der Waals surface area (Å²) in [6.45, 7) is 13.9. The summed E-state index contributed by atoms with van der Waals surface area (Å²) in [6, 6.07) is 0. The van der Waals surface area contributed by atoms with Gasteiger partial charge in [0.2, 0.25) is 0 Å². The zero-order valence-electron chi connectivity index (χ0n) is 20.1. The molecule has 0 aromatic heterocycles. The minimum atomic E-state index is -0.504. The lowest BCUT2D eigenvalue weighted by atomic mass is 9.62. The van der Waals surface area contributed by atoms with Crippen LogP contribution in [0, 0.1) is 35.0 Å². The van der Waals surface area contributed by atoms with Crippen molar-refractivity contribution >= 4 is 0 Å². The van der Waals surface area contributed by atoms with Gasteiger partial charge >= 0.3 is 0 Å². The quantitative estimate of drug-likeness (QED) is 0.482. The number of hydrogen-bond donors (Lipinski definition) is 2. The second kappa shape index (κ2) is 9.57. The maximum Gasteiger partial charge on any atom is 0.0777 e. The number of aliphatic hydroxyl groups excluding tert-OH is 2. The number of allylic oxidation sites excluding steroid dienone is 6. The van der Waals surface area contributed by atoms with Crippen molar-refractivity contribution in [2.24, 2.45) is 35.0 Å². The molecule has 168 valence electrons. The van der Waals surface area contributed by atoms with Gasteiger partial charge in [0.15, 0.2) is 0 Å². The first-order valence-electron chi connectivity index (χ1n) is 12.3. The molecular formula is C28H44O2. The van der Waals surface area contributed by atoms with E-state index in [2.05, 4.69) is 65.0 Å². The van der Waals surface area contributed by atoms with E-state index in [1.54, 1.807) is 0 Å². The third-order valence-electron chi connectivity index (χ3n) is 8.71. The minimum absolute atomic E-state index is 0.369. The Bertz CT molecular complexity index is 725. The molecule has 0 aromatic carbocycles. The molecule has 30 heavy (non-hydrogen) atoms. The number of rotatable bonds is 6. The summed E-state index contributed by atoms with van der Waals surface area (Å²) in [5.74, 6) is 3.34. The number of hydrogen-bond acceptors (Lipinski definition) is 2. The molecule has 3 aliphatic carbocycles. The Balaban J connectivity index is 1.74. The van der Waals surface area contributed by atoms with Gasteiger partial charge in [0.1, 0.15) is 0 Å². The fourth-order valence-corrected chi connectivity index (χ4v) is 6.16. The van der Waals surface area contributed by atoms with Crippen molar-refractivity contribution in [3.05, 3.63) is 47.1 Å². The first-order chi connectivity index (χ1) is 14.1. The Morgan fingerprint density at radius 1 is 1.07 bits per heavy atom. The maximum absolute atomic E-state index is 10.2. The Hall–Kier alpha value is -1.12. The van der Waals surface area contributed by atoms with Crippen LogP contribution in [0.25, 0.3) is 0 Å². The van der Waals surface area contributed by atoms with E-state index in [1.165, 1.54) is 24.8 Å². The summed E-state index contributed by atoms with van der Waals surface area (Å²) in [7, 11) is 0. The second-order valence-electron chi connectivity index (χ2n) is 11.0. The van der Waals surface area contributed by atoms with E-state index in [0.29, 0.717) is 41.9 Å². The third kappa shape index (κ3) is 4.86. The largest absolute Gasteiger partial charge is 0.393 e. The number of fused-ring (bicyclic) bond motifs is 1. The normalized spacial score (nSPS) is 37.2. The average Bonchev–Trinajstić information content (AvgIpc) is 3.04. The van der Waals surface area contributed by atoms with Crippen LogP contribution >= 0.6 is 0 Å². The van der Waals surface area contributed by atoms with Crippen LogP contribution in [0.15, 0.2) is 47.1 Å². The summed E-state index contributed by atoms with van der Waals surface area (Å²) < 4.78 is 0. The lowest BCUT2D eigenvalue weighted by molar-refractivity contribution is 0.0879. The second-order valence-corrected chi connectivity index (χ2v) is 11.0. The Morgan fingerprint density at radius 3 is 2.50 bits per heavy atom. The van der Waals surface area contributed by atoms with Crippen molar-refractivity contribution in [1.82, 2.24) is 0 Å². The van der Waals surface area contributed by atoms with E-state index >= 15 is 0 Å². The van der Waals surface area contributed by atoms with E-state index in [9.17, 15) is 10.2 Å². The van der Waals surface area contributed by atoms with E-state index in [4.69, 9.17) is 0 Å². The highest BCUT2D eigenvalue weighted by Crippen LogP contribution is 2.58. The van der Waals surface area contributed by atoms with Gasteiger partial charge in [-0.15, -0.1) is 0 Å². The molecule has 1 saturated carbocycles. The SMILES string of the molecule is CC1=C(/C=C/C2=CCC[C@]3(C)[C@@H]([C@H](C)/C=C/[C@H](C)C(C)C)CC[C@@H]23)C[C@@H](O)C[C@@H]1O. The van der Waals surface area contributed by atoms with Gasteiger partial charge in [-0.2, -0.15) is 0 Å². The molecule has 2 N–H and O–H groups in total. The van der Waals surface area contributed by atoms with E-state index in [0.717, 1.165) is 23.5 Å². The van der Waals surface area contributed by atoms with Crippen molar-refractivity contribution in [2.75, 3.05) is 0 Å². The zero-order valence-corrected chi connectivity index (χ0v) is 20.1. The summed E-state index contributed by atoms with van der Waals surface area (Å²) in [5, 5.41) is 20.3. The van der Waals surface area contributed by atoms with Gasteiger partial charge in [0.25, 0.3) is 0 Å². The van der Waals surface area contributed by atoms with Crippen molar-refractivity contribution in [3.63, 3.8) is 0 Å². The van der Waals surface area contributed by atoms with Crippen molar-refractivity contribution < 1.29 is 10.2 Å². The number of aliphatic hydroxyl groups is 2. The van der Waals surface area contributed by atoms with E-state index in [1.807, 2.05) is 6.92 Å². The Morgan fingerprint density at radius 2 is 1.80 bits per heavy atom. The standard InChI is InChI=1S/C28H44O2/c1-18(2)19(3)9-10-20(4)25-13-14-26-22(8-7-15-28(25,26)6)11-12-23-16-24(29)17-27(30)21(23)5/h8-12,18-20,24-27,29-30H,7,13-17H2,1-6H3/b10-9+,12-11+/t19-,20+,24+,25+,26-,27-,28+/m0/s1. The van der Waals surface area contributed by atoms with Gasteiger partial charge in [-0.05, 0) is 90.8 Å². The Kier molecular flexibility index (Phi) is 7.51. The lowest BCUT2D eigenvalue weighted by Gasteiger charge is -2.42. The molecule has 0 aromatic rings. The van der Waals surface area contributed by atoms with Crippen LogP contribution in [-0.4, -0.2) is 22.4 Å². The van der Waals surface area contributed by atoms with Crippen LogP contribution in [0.1, 0.15) is 80.1 Å².